The van der Waals surface area contributed by atoms with Crippen LogP contribution in [0.2, 0.25) is 0 Å². The van der Waals surface area contributed by atoms with Gasteiger partial charge in [-0.1, -0.05) is 18.2 Å². The normalized spacial score (nSPS) is 12.2. The third kappa shape index (κ3) is 3.98. The van der Waals surface area contributed by atoms with Crippen LogP contribution in [0.3, 0.4) is 0 Å². The topological polar surface area (TPSA) is 35.2 Å². The van der Waals surface area contributed by atoms with Crippen LogP contribution < -0.4 is 10.5 Å². The van der Waals surface area contributed by atoms with E-state index >= 15 is 0 Å². The summed E-state index contributed by atoms with van der Waals surface area (Å²) in [4.78, 5) is 0. The Balaban J connectivity index is 2.08. The lowest BCUT2D eigenvalue weighted by Crippen LogP contribution is -2.17. The zero-order valence-electron chi connectivity index (χ0n) is 11.6. The first-order valence-electron chi connectivity index (χ1n) is 6.57. The van der Waals surface area contributed by atoms with Crippen LogP contribution in [0.1, 0.15) is 18.1 Å². The van der Waals surface area contributed by atoms with Gasteiger partial charge in [-0.25, -0.2) is 13.2 Å². The summed E-state index contributed by atoms with van der Waals surface area (Å²) in [6, 6.07) is 8.20. The van der Waals surface area contributed by atoms with E-state index in [0.717, 1.165) is 11.6 Å². The van der Waals surface area contributed by atoms with Gasteiger partial charge in [0.25, 0.3) is 0 Å². The first-order valence-corrected chi connectivity index (χ1v) is 6.57. The van der Waals surface area contributed by atoms with Crippen LogP contribution in [0.25, 0.3) is 0 Å². The second kappa shape index (κ2) is 6.63. The lowest BCUT2D eigenvalue weighted by Gasteiger charge is -2.10. The summed E-state index contributed by atoms with van der Waals surface area (Å²) in [5.41, 5.74) is 6.44. The molecule has 2 N–H and O–H groups in total. The maximum absolute atomic E-state index is 13.8. The Morgan fingerprint density at radius 1 is 1.10 bits per heavy atom. The maximum Gasteiger partial charge on any atom is 0.165 e. The Hall–Kier alpha value is -2.01. The molecule has 0 heterocycles. The third-order valence-corrected chi connectivity index (χ3v) is 2.97. The number of halogens is 3. The van der Waals surface area contributed by atoms with Gasteiger partial charge in [-0.15, -0.1) is 0 Å². The minimum atomic E-state index is -0.980. The monoisotopic (exact) mass is 295 g/mol. The maximum atomic E-state index is 13.8. The van der Waals surface area contributed by atoms with Crippen LogP contribution in [-0.2, 0) is 13.0 Å². The van der Waals surface area contributed by atoms with Gasteiger partial charge in [0.05, 0.1) is 0 Å². The van der Waals surface area contributed by atoms with Gasteiger partial charge in [0.2, 0.25) is 0 Å². The van der Waals surface area contributed by atoms with E-state index in [1.54, 1.807) is 6.07 Å². The molecule has 1 unspecified atom stereocenters. The SMILES string of the molecule is CC(N)Cc1ccc(OCc2cccc(F)c2F)c(F)c1. The number of hydrogen-bond donors (Lipinski definition) is 1. The Morgan fingerprint density at radius 3 is 2.52 bits per heavy atom. The lowest BCUT2D eigenvalue weighted by molar-refractivity contribution is 0.282. The smallest absolute Gasteiger partial charge is 0.165 e. The third-order valence-electron chi connectivity index (χ3n) is 2.97. The highest BCUT2D eigenvalue weighted by atomic mass is 19.2. The Kier molecular flexibility index (Phi) is 4.85. The number of rotatable bonds is 5. The first-order chi connectivity index (χ1) is 9.97. The molecule has 0 aliphatic carbocycles. The molecule has 0 aliphatic heterocycles. The molecule has 0 saturated heterocycles. The Bertz CT molecular complexity index is 629. The molecule has 5 heteroatoms. The standard InChI is InChI=1S/C16H16F3NO/c1-10(20)7-11-5-6-15(14(18)8-11)21-9-12-3-2-4-13(17)16(12)19/h2-6,8,10H,7,9,20H2,1H3. The van der Waals surface area contributed by atoms with Crippen molar-refractivity contribution in [1.29, 1.82) is 0 Å². The van der Waals surface area contributed by atoms with Crippen LogP contribution >= 0.6 is 0 Å². The molecule has 0 saturated carbocycles. The van der Waals surface area contributed by atoms with Gasteiger partial charge in [0.1, 0.15) is 6.61 Å². The molecule has 0 bridgehead atoms. The molecule has 0 aromatic heterocycles. The fourth-order valence-corrected chi connectivity index (χ4v) is 1.98. The summed E-state index contributed by atoms with van der Waals surface area (Å²) in [6.45, 7) is 1.59. The molecule has 1 atom stereocenters. The van der Waals surface area contributed by atoms with E-state index in [4.69, 9.17) is 10.5 Å². The van der Waals surface area contributed by atoms with Crippen molar-refractivity contribution in [2.75, 3.05) is 0 Å². The molecule has 0 radical (unpaired) electrons. The van der Waals surface area contributed by atoms with Gasteiger partial charge in [-0.3, -0.25) is 0 Å². The van der Waals surface area contributed by atoms with Crippen LogP contribution in [0.5, 0.6) is 5.75 Å². The highest BCUT2D eigenvalue weighted by Crippen LogP contribution is 2.21. The second-order valence-corrected chi connectivity index (χ2v) is 4.95. The van der Waals surface area contributed by atoms with E-state index in [1.807, 2.05) is 6.92 Å². The molecule has 0 fully saturated rings. The highest BCUT2D eigenvalue weighted by Gasteiger charge is 2.10. The van der Waals surface area contributed by atoms with Gasteiger partial charge in [-0.2, -0.15) is 0 Å². The number of benzene rings is 2. The molecule has 2 rings (SSSR count). The van der Waals surface area contributed by atoms with E-state index in [1.165, 1.54) is 24.3 Å². The van der Waals surface area contributed by atoms with Crippen molar-refractivity contribution in [3.05, 3.63) is 65.0 Å². The molecule has 112 valence electrons. The largest absolute Gasteiger partial charge is 0.486 e. The van der Waals surface area contributed by atoms with Crippen molar-refractivity contribution < 1.29 is 17.9 Å². The summed E-state index contributed by atoms with van der Waals surface area (Å²) in [5, 5.41) is 0. The minimum absolute atomic E-state index is 0.00733. The lowest BCUT2D eigenvalue weighted by atomic mass is 10.1. The Morgan fingerprint density at radius 2 is 1.86 bits per heavy atom. The zero-order chi connectivity index (χ0) is 15.4. The average molecular weight is 295 g/mol. The van der Waals surface area contributed by atoms with Crippen molar-refractivity contribution in [1.82, 2.24) is 0 Å². The summed E-state index contributed by atoms with van der Waals surface area (Å²) in [6.07, 6.45) is 0.551. The molecule has 0 spiro atoms. The van der Waals surface area contributed by atoms with E-state index in [9.17, 15) is 13.2 Å². The summed E-state index contributed by atoms with van der Waals surface area (Å²) in [5.74, 6) is -2.49. The van der Waals surface area contributed by atoms with Crippen LogP contribution in [0, 0.1) is 17.5 Å². The molecular weight excluding hydrogens is 279 g/mol. The van der Waals surface area contributed by atoms with E-state index in [-0.39, 0.29) is 24.0 Å². The van der Waals surface area contributed by atoms with Crippen LogP contribution in [-0.4, -0.2) is 6.04 Å². The number of nitrogens with two attached hydrogens (primary N) is 1. The quantitative estimate of drug-likeness (QED) is 0.915. The minimum Gasteiger partial charge on any atom is -0.486 e. The molecule has 21 heavy (non-hydrogen) atoms. The molecule has 2 nitrogen and oxygen atoms in total. The van der Waals surface area contributed by atoms with E-state index < -0.39 is 17.5 Å². The van der Waals surface area contributed by atoms with Crippen molar-refractivity contribution in [2.24, 2.45) is 5.73 Å². The molecule has 2 aromatic rings. The van der Waals surface area contributed by atoms with Gasteiger partial charge in [-0.05, 0) is 37.1 Å². The average Bonchev–Trinajstić information content (AvgIpc) is 2.41. The number of ether oxygens (including phenoxy) is 1. The highest BCUT2D eigenvalue weighted by molar-refractivity contribution is 5.30. The van der Waals surface area contributed by atoms with Gasteiger partial charge < -0.3 is 10.5 Å². The molecule has 0 aliphatic rings. The van der Waals surface area contributed by atoms with Crippen molar-refractivity contribution in [3.8, 4) is 5.75 Å². The van der Waals surface area contributed by atoms with E-state index in [0.29, 0.717) is 6.42 Å². The van der Waals surface area contributed by atoms with E-state index in [2.05, 4.69) is 0 Å². The first kappa shape index (κ1) is 15.4. The molecule has 2 aromatic carbocycles. The number of hydrogen-bond acceptors (Lipinski definition) is 2. The summed E-state index contributed by atoms with van der Waals surface area (Å²) >= 11 is 0. The fraction of sp³-hybridized carbons (Fsp3) is 0.250. The van der Waals surface area contributed by atoms with Gasteiger partial charge >= 0.3 is 0 Å². The molecular formula is C16H16F3NO. The fourth-order valence-electron chi connectivity index (χ4n) is 1.98. The summed E-state index contributed by atoms with van der Waals surface area (Å²) < 4.78 is 45.5. The predicted octanol–water partition coefficient (Wildman–Crippen LogP) is 3.57. The summed E-state index contributed by atoms with van der Waals surface area (Å²) in [7, 11) is 0. The van der Waals surface area contributed by atoms with Crippen molar-refractivity contribution >= 4 is 0 Å². The van der Waals surface area contributed by atoms with Crippen molar-refractivity contribution in [3.63, 3.8) is 0 Å². The van der Waals surface area contributed by atoms with Crippen LogP contribution in [0.4, 0.5) is 13.2 Å². The zero-order valence-corrected chi connectivity index (χ0v) is 11.6. The second-order valence-electron chi connectivity index (χ2n) is 4.95. The van der Waals surface area contributed by atoms with Gasteiger partial charge in [0.15, 0.2) is 23.2 Å². The molecule has 0 amide bonds. The Labute approximate surface area is 121 Å². The predicted molar refractivity (Wildman–Crippen MR) is 74.4 cm³/mol. The van der Waals surface area contributed by atoms with Gasteiger partial charge in [0, 0.05) is 11.6 Å². The van der Waals surface area contributed by atoms with Crippen LogP contribution in [0.15, 0.2) is 36.4 Å². The van der Waals surface area contributed by atoms with Crippen molar-refractivity contribution in [2.45, 2.75) is 26.0 Å².